The molecule has 0 bridgehead atoms. The van der Waals surface area contributed by atoms with E-state index in [1.54, 1.807) is 12.0 Å². The van der Waals surface area contributed by atoms with E-state index in [9.17, 15) is 4.79 Å². The Hall–Kier alpha value is -2.18. The molecule has 3 heterocycles. The SMILES string of the molecule is CO[C@@H]1CN(C(=O)c2cocn2)C[C@]12C[C@H](c1ccccc1)CO2. The highest BCUT2D eigenvalue weighted by molar-refractivity contribution is 5.92. The van der Waals surface area contributed by atoms with E-state index in [-0.39, 0.29) is 12.0 Å². The highest BCUT2D eigenvalue weighted by atomic mass is 16.6. The average molecular weight is 328 g/mol. The topological polar surface area (TPSA) is 64.8 Å². The van der Waals surface area contributed by atoms with E-state index in [0.29, 0.717) is 31.3 Å². The van der Waals surface area contributed by atoms with Gasteiger partial charge in [0, 0.05) is 13.0 Å². The zero-order valence-electron chi connectivity index (χ0n) is 13.6. The van der Waals surface area contributed by atoms with Crippen LogP contribution < -0.4 is 0 Å². The number of rotatable bonds is 3. The molecule has 1 spiro atoms. The van der Waals surface area contributed by atoms with Gasteiger partial charge in [-0.05, 0) is 12.0 Å². The van der Waals surface area contributed by atoms with Crippen molar-refractivity contribution in [3.63, 3.8) is 0 Å². The van der Waals surface area contributed by atoms with Crippen molar-refractivity contribution in [2.24, 2.45) is 0 Å². The first-order chi connectivity index (χ1) is 11.7. The van der Waals surface area contributed by atoms with Gasteiger partial charge in [0.05, 0.1) is 19.7 Å². The van der Waals surface area contributed by atoms with Crippen LogP contribution in [0.25, 0.3) is 0 Å². The fraction of sp³-hybridized carbons (Fsp3) is 0.444. The number of aromatic nitrogens is 1. The van der Waals surface area contributed by atoms with Crippen molar-refractivity contribution < 1.29 is 18.7 Å². The molecule has 0 unspecified atom stereocenters. The van der Waals surface area contributed by atoms with Crippen LogP contribution in [-0.2, 0) is 9.47 Å². The number of nitrogens with zero attached hydrogens (tertiary/aromatic N) is 2. The Bertz CT molecular complexity index is 703. The van der Waals surface area contributed by atoms with Gasteiger partial charge in [-0.25, -0.2) is 4.98 Å². The average Bonchev–Trinajstić information content (AvgIpc) is 3.36. The molecule has 0 radical (unpaired) electrons. The Balaban J connectivity index is 1.53. The number of ether oxygens (including phenoxy) is 2. The van der Waals surface area contributed by atoms with Crippen molar-refractivity contribution in [1.82, 2.24) is 9.88 Å². The molecule has 1 aromatic heterocycles. The summed E-state index contributed by atoms with van der Waals surface area (Å²) < 4.78 is 16.8. The first-order valence-corrected chi connectivity index (χ1v) is 8.11. The molecular formula is C18H20N2O4. The molecule has 0 N–H and O–H groups in total. The minimum absolute atomic E-state index is 0.137. The fourth-order valence-corrected chi connectivity index (χ4v) is 3.86. The van der Waals surface area contributed by atoms with Gasteiger partial charge in [0.25, 0.3) is 5.91 Å². The first-order valence-electron chi connectivity index (χ1n) is 8.11. The molecule has 2 fully saturated rings. The first kappa shape index (κ1) is 15.4. The number of benzene rings is 1. The van der Waals surface area contributed by atoms with Crippen LogP contribution in [0, 0.1) is 0 Å². The van der Waals surface area contributed by atoms with Gasteiger partial charge in [0.1, 0.15) is 18.0 Å². The van der Waals surface area contributed by atoms with Crippen LogP contribution in [-0.4, -0.2) is 54.3 Å². The van der Waals surface area contributed by atoms with E-state index in [0.717, 1.165) is 6.42 Å². The van der Waals surface area contributed by atoms with Gasteiger partial charge in [-0.2, -0.15) is 0 Å². The Morgan fingerprint density at radius 2 is 2.21 bits per heavy atom. The Morgan fingerprint density at radius 3 is 2.92 bits per heavy atom. The number of oxazole rings is 1. The molecule has 0 aliphatic carbocycles. The van der Waals surface area contributed by atoms with Crippen molar-refractivity contribution in [2.75, 3.05) is 26.8 Å². The van der Waals surface area contributed by atoms with Gasteiger partial charge in [-0.15, -0.1) is 0 Å². The third-order valence-corrected chi connectivity index (χ3v) is 5.09. The maximum absolute atomic E-state index is 12.6. The van der Waals surface area contributed by atoms with E-state index in [1.165, 1.54) is 18.2 Å². The van der Waals surface area contributed by atoms with E-state index in [1.807, 2.05) is 18.2 Å². The highest BCUT2D eigenvalue weighted by Crippen LogP contribution is 2.43. The van der Waals surface area contributed by atoms with Gasteiger partial charge < -0.3 is 18.8 Å². The predicted molar refractivity (Wildman–Crippen MR) is 85.7 cm³/mol. The van der Waals surface area contributed by atoms with E-state index < -0.39 is 5.60 Å². The summed E-state index contributed by atoms with van der Waals surface area (Å²) in [4.78, 5) is 18.3. The third-order valence-electron chi connectivity index (χ3n) is 5.09. The number of carbonyl (C=O) groups excluding carboxylic acids is 1. The largest absolute Gasteiger partial charge is 0.451 e. The number of hydrogen-bond acceptors (Lipinski definition) is 5. The fourth-order valence-electron chi connectivity index (χ4n) is 3.86. The van der Waals surface area contributed by atoms with E-state index in [2.05, 4.69) is 17.1 Å². The second-order valence-electron chi connectivity index (χ2n) is 6.47. The molecule has 24 heavy (non-hydrogen) atoms. The summed E-state index contributed by atoms with van der Waals surface area (Å²) in [7, 11) is 1.68. The number of carbonyl (C=O) groups is 1. The van der Waals surface area contributed by atoms with Crippen LogP contribution in [0.1, 0.15) is 28.4 Å². The van der Waals surface area contributed by atoms with Gasteiger partial charge in [-0.3, -0.25) is 4.79 Å². The Labute approximate surface area is 140 Å². The van der Waals surface area contributed by atoms with Crippen molar-refractivity contribution in [1.29, 1.82) is 0 Å². The number of hydrogen-bond donors (Lipinski definition) is 0. The number of amides is 1. The molecule has 2 saturated heterocycles. The summed E-state index contributed by atoms with van der Waals surface area (Å²) in [6.45, 7) is 1.67. The van der Waals surface area contributed by atoms with Crippen LogP contribution in [0.4, 0.5) is 0 Å². The lowest BCUT2D eigenvalue weighted by atomic mass is 9.87. The Kier molecular flexibility index (Phi) is 3.86. The Morgan fingerprint density at radius 1 is 1.38 bits per heavy atom. The molecule has 6 heteroatoms. The lowest BCUT2D eigenvalue weighted by molar-refractivity contribution is -0.0755. The number of methoxy groups -OCH3 is 1. The summed E-state index contributed by atoms with van der Waals surface area (Å²) >= 11 is 0. The van der Waals surface area contributed by atoms with Gasteiger partial charge in [0.15, 0.2) is 12.1 Å². The minimum atomic E-state index is -0.450. The van der Waals surface area contributed by atoms with Crippen molar-refractivity contribution >= 4 is 5.91 Å². The monoisotopic (exact) mass is 328 g/mol. The third kappa shape index (κ3) is 2.52. The molecule has 2 aromatic rings. The lowest BCUT2D eigenvalue weighted by Gasteiger charge is -2.28. The molecule has 2 aliphatic rings. The molecule has 4 rings (SSSR count). The normalized spacial score (nSPS) is 29.5. The minimum Gasteiger partial charge on any atom is -0.451 e. The summed E-state index contributed by atoms with van der Waals surface area (Å²) in [5.41, 5.74) is 1.14. The quantitative estimate of drug-likeness (QED) is 0.863. The molecule has 2 aliphatic heterocycles. The van der Waals surface area contributed by atoms with Gasteiger partial charge in [-0.1, -0.05) is 30.3 Å². The summed E-state index contributed by atoms with van der Waals surface area (Å²) in [6.07, 6.45) is 3.35. The van der Waals surface area contributed by atoms with Crippen LogP contribution >= 0.6 is 0 Å². The van der Waals surface area contributed by atoms with Crippen LogP contribution in [0.5, 0.6) is 0 Å². The molecule has 126 valence electrons. The molecule has 0 saturated carbocycles. The van der Waals surface area contributed by atoms with Crippen molar-refractivity contribution in [3.05, 3.63) is 54.2 Å². The standard InChI is InChI=1S/C18H20N2O4/c1-22-16-8-20(17(21)15-10-23-12-19-15)11-18(16)7-14(9-24-18)13-5-3-2-4-6-13/h2-6,10,12,14,16H,7-9,11H2,1H3/t14-,16+,18+/m0/s1. The van der Waals surface area contributed by atoms with Crippen molar-refractivity contribution in [2.45, 2.75) is 24.0 Å². The second-order valence-corrected chi connectivity index (χ2v) is 6.47. The van der Waals surface area contributed by atoms with Crippen molar-refractivity contribution in [3.8, 4) is 0 Å². The molecular weight excluding hydrogens is 308 g/mol. The smallest absolute Gasteiger partial charge is 0.275 e. The summed E-state index contributed by atoms with van der Waals surface area (Å²) in [5.74, 6) is 0.181. The lowest BCUT2D eigenvalue weighted by Crippen LogP contribution is -2.42. The zero-order valence-corrected chi connectivity index (χ0v) is 13.6. The van der Waals surface area contributed by atoms with Crippen LogP contribution in [0.15, 0.2) is 47.4 Å². The van der Waals surface area contributed by atoms with Crippen LogP contribution in [0.2, 0.25) is 0 Å². The molecule has 1 amide bonds. The van der Waals surface area contributed by atoms with E-state index in [4.69, 9.17) is 13.9 Å². The molecule has 3 atom stereocenters. The molecule has 6 nitrogen and oxygen atoms in total. The molecule has 1 aromatic carbocycles. The summed E-state index contributed by atoms with van der Waals surface area (Å²) in [6, 6.07) is 10.4. The van der Waals surface area contributed by atoms with E-state index >= 15 is 0 Å². The van der Waals surface area contributed by atoms with Gasteiger partial charge >= 0.3 is 0 Å². The van der Waals surface area contributed by atoms with Gasteiger partial charge in [0.2, 0.25) is 0 Å². The summed E-state index contributed by atoms with van der Waals surface area (Å²) in [5, 5.41) is 0. The number of likely N-dealkylation sites (tertiary alicyclic amines) is 1. The highest BCUT2D eigenvalue weighted by Gasteiger charge is 2.54. The van der Waals surface area contributed by atoms with Crippen LogP contribution in [0.3, 0.4) is 0 Å². The second kappa shape index (κ2) is 6.03. The predicted octanol–water partition coefficient (Wildman–Crippen LogP) is 2.09. The maximum Gasteiger partial charge on any atom is 0.275 e. The maximum atomic E-state index is 12.6. The zero-order chi connectivity index (χ0) is 16.6.